The second kappa shape index (κ2) is 6.65. The van der Waals surface area contributed by atoms with E-state index in [1.54, 1.807) is 25.1 Å². The van der Waals surface area contributed by atoms with Crippen LogP contribution in [-0.4, -0.2) is 4.92 Å². The highest BCUT2D eigenvalue weighted by Gasteiger charge is 2.12. The Kier molecular flexibility index (Phi) is 4.88. The van der Waals surface area contributed by atoms with Gasteiger partial charge in [-0.05, 0) is 30.2 Å². The standard InChI is InChI=1S/C15H14ClFN2O2/c1-10-12(3-2-4-15(10)19(20)21)9-18-8-11-5-6-14(17)13(16)7-11/h2-7,18H,8-9H2,1H3. The second-order valence-electron chi connectivity index (χ2n) is 4.67. The van der Waals surface area contributed by atoms with E-state index in [2.05, 4.69) is 5.32 Å². The summed E-state index contributed by atoms with van der Waals surface area (Å²) in [6, 6.07) is 9.51. The number of hydrogen-bond acceptors (Lipinski definition) is 3. The molecule has 0 aliphatic rings. The minimum Gasteiger partial charge on any atom is -0.309 e. The maximum atomic E-state index is 13.0. The Bertz CT molecular complexity index is 677. The molecule has 0 fully saturated rings. The molecule has 0 aliphatic heterocycles. The number of nitrogens with one attached hydrogen (secondary N) is 1. The third-order valence-corrected chi connectivity index (χ3v) is 3.53. The van der Waals surface area contributed by atoms with E-state index in [-0.39, 0.29) is 10.7 Å². The molecule has 2 aromatic carbocycles. The highest BCUT2D eigenvalue weighted by atomic mass is 35.5. The Morgan fingerprint density at radius 2 is 2.05 bits per heavy atom. The van der Waals surface area contributed by atoms with Crippen LogP contribution in [-0.2, 0) is 13.1 Å². The molecule has 4 nitrogen and oxygen atoms in total. The highest BCUT2D eigenvalue weighted by Crippen LogP contribution is 2.21. The zero-order valence-electron chi connectivity index (χ0n) is 11.4. The minimum absolute atomic E-state index is 0.0841. The number of rotatable bonds is 5. The zero-order valence-corrected chi connectivity index (χ0v) is 12.2. The van der Waals surface area contributed by atoms with Crippen LogP contribution in [0.4, 0.5) is 10.1 Å². The third kappa shape index (κ3) is 3.77. The first-order valence-electron chi connectivity index (χ1n) is 6.36. The van der Waals surface area contributed by atoms with Gasteiger partial charge < -0.3 is 5.32 Å². The summed E-state index contributed by atoms with van der Waals surface area (Å²) in [5.74, 6) is -0.449. The van der Waals surface area contributed by atoms with Gasteiger partial charge in [-0.15, -0.1) is 0 Å². The van der Waals surface area contributed by atoms with Gasteiger partial charge in [0.1, 0.15) is 5.82 Å². The maximum Gasteiger partial charge on any atom is 0.272 e. The van der Waals surface area contributed by atoms with Crippen molar-refractivity contribution in [2.24, 2.45) is 0 Å². The van der Waals surface area contributed by atoms with Gasteiger partial charge in [-0.3, -0.25) is 10.1 Å². The van der Waals surface area contributed by atoms with E-state index in [4.69, 9.17) is 11.6 Å². The third-order valence-electron chi connectivity index (χ3n) is 3.24. The van der Waals surface area contributed by atoms with E-state index < -0.39 is 10.7 Å². The van der Waals surface area contributed by atoms with Crippen molar-refractivity contribution in [3.63, 3.8) is 0 Å². The zero-order chi connectivity index (χ0) is 15.4. The molecule has 0 aliphatic carbocycles. The molecule has 0 atom stereocenters. The fourth-order valence-corrected chi connectivity index (χ4v) is 2.25. The largest absolute Gasteiger partial charge is 0.309 e. The van der Waals surface area contributed by atoms with Crippen molar-refractivity contribution in [3.8, 4) is 0 Å². The normalized spacial score (nSPS) is 10.6. The van der Waals surface area contributed by atoms with Crippen LogP contribution >= 0.6 is 11.6 Å². The van der Waals surface area contributed by atoms with Gasteiger partial charge in [-0.25, -0.2) is 4.39 Å². The number of nitro groups is 1. The molecule has 21 heavy (non-hydrogen) atoms. The van der Waals surface area contributed by atoms with Crippen molar-refractivity contribution >= 4 is 17.3 Å². The molecule has 0 aromatic heterocycles. The van der Waals surface area contributed by atoms with Gasteiger partial charge in [0.05, 0.1) is 9.95 Å². The van der Waals surface area contributed by atoms with Crippen LogP contribution in [0.15, 0.2) is 36.4 Å². The molecule has 2 rings (SSSR count). The number of hydrogen-bond donors (Lipinski definition) is 1. The summed E-state index contributed by atoms with van der Waals surface area (Å²) in [6.45, 7) is 2.72. The maximum absolute atomic E-state index is 13.0. The van der Waals surface area contributed by atoms with Crippen LogP contribution < -0.4 is 5.32 Å². The SMILES string of the molecule is Cc1c(CNCc2ccc(F)c(Cl)c2)cccc1[N+](=O)[O-]. The molecule has 0 saturated heterocycles. The Hall–Kier alpha value is -1.98. The lowest BCUT2D eigenvalue weighted by Crippen LogP contribution is -2.14. The van der Waals surface area contributed by atoms with E-state index in [1.165, 1.54) is 12.1 Å². The van der Waals surface area contributed by atoms with Gasteiger partial charge in [0, 0.05) is 24.7 Å². The Morgan fingerprint density at radius 1 is 1.29 bits per heavy atom. The summed E-state index contributed by atoms with van der Waals surface area (Å²) >= 11 is 5.71. The van der Waals surface area contributed by atoms with Crippen LogP contribution in [0, 0.1) is 22.9 Å². The summed E-state index contributed by atoms with van der Waals surface area (Å²) in [5.41, 5.74) is 2.47. The van der Waals surface area contributed by atoms with Crippen LogP contribution in [0.1, 0.15) is 16.7 Å². The Labute approximate surface area is 126 Å². The lowest BCUT2D eigenvalue weighted by atomic mass is 10.1. The molecule has 6 heteroatoms. The fourth-order valence-electron chi connectivity index (χ4n) is 2.05. The predicted octanol–water partition coefficient (Wildman–Crippen LogP) is 3.99. The summed E-state index contributed by atoms with van der Waals surface area (Å²) in [5, 5.41) is 14.1. The molecule has 0 amide bonds. The van der Waals surface area contributed by atoms with Gasteiger partial charge in [0.2, 0.25) is 0 Å². The predicted molar refractivity (Wildman–Crippen MR) is 79.8 cm³/mol. The molecular formula is C15H14ClFN2O2. The van der Waals surface area contributed by atoms with Crippen LogP contribution in [0.2, 0.25) is 5.02 Å². The van der Waals surface area contributed by atoms with E-state index in [0.717, 1.165) is 11.1 Å². The number of nitrogens with zero attached hydrogens (tertiary/aromatic N) is 1. The van der Waals surface area contributed by atoms with E-state index in [0.29, 0.717) is 18.7 Å². The summed E-state index contributed by atoms with van der Waals surface area (Å²) < 4.78 is 13.0. The van der Waals surface area contributed by atoms with Crippen molar-refractivity contribution < 1.29 is 9.31 Å². The fraction of sp³-hybridized carbons (Fsp3) is 0.200. The van der Waals surface area contributed by atoms with E-state index in [9.17, 15) is 14.5 Å². The quantitative estimate of drug-likeness (QED) is 0.671. The van der Waals surface area contributed by atoms with Gasteiger partial charge in [0.25, 0.3) is 5.69 Å². The van der Waals surface area contributed by atoms with Gasteiger partial charge >= 0.3 is 0 Å². The first kappa shape index (κ1) is 15.4. The molecule has 0 bridgehead atoms. The summed E-state index contributed by atoms with van der Waals surface area (Å²) in [7, 11) is 0. The van der Waals surface area contributed by atoms with E-state index >= 15 is 0 Å². The van der Waals surface area contributed by atoms with Crippen molar-refractivity contribution in [3.05, 3.63) is 74.0 Å². The van der Waals surface area contributed by atoms with Crippen LogP contribution in [0.5, 0.6) is 0 Å². The molecule has 0 radical (unpaired) electrons. The topological polar surface area (TPSA) is 55.2 Å². The van der Waals surface area contributed by atoms with Gasteiger partial charge in [-0.1, -0.05) is 29.8 Å². The van der Waals surface area contributed by atoms with Crippen molar-refractivity contribution in [1.29, 1.82) is 0 Å². The van der Waals surface area contributed by atoms with Gasteiger partial charge in [0.15, 0.2) is 0 Å². The lowest BCUT2D eigenvalue weighted by Gasteiger charge is -2.08. The van der Waals surface area contributed by atoms with Crippen LogP contribution in [0.25, 0.3) is 0 Å². The van der Waals surface area contributed by atoms with Crippen molar-refractivity contribution in [2.75, 3.05) is 0 Å². The van der Waals surface area contributed by atoms with Gasteiger partial charge in [-0.2, -0.15) is 0 Å². The highest BCUT2D eigenvalue weighted by molar-refractivity contribution is 6.30. The van der Waals surface area contributed by atoms with Crippen molar-refractivity contribution in [1.82, 2.24) is 5.32 Å². The second-order valence-corrected chi connectivity index (χ2v) is 5.08. The molecule has 1 N–H and O–H groups in total. The summed E-state index contributed by atoms with van der Waals surface area (Å²) in [4.78, 5) is 10.5. The molecular weight excluding hydrogens is 295 g/mol. The molecule has 0 heterocycles. The Morgan fingerprint density at radius 3 is 2.71 bits per heavy atom. The monoisotopic (exact) mass is 308 g/mol. The molecule has 0 spiro atoms. The lowest BCUT2D eigenvalue weighted by molar-refractivity contribution is -0.385. The average molecular weight is 309 g/mol. The van der Waals surface area contributed by atoms with Crippen LogP contribution in [0.3, 0.4) is 0 Å². The molecule has 110 valence electrons. The first-order chi connectivity index (χ1) is 9.99. The van der Waals surface area contributed by atoms with Crippen molar-refractivity contribution in [2.45, 2.75) is 20.0 Å². The number of benzene rings is 2. The molecule has 0 saturated carbocycles. The summed E-state index contributed by atoms with van der Waals surface area (Å²) in [6.07, 6.45) is 0. The number of halogens is 2. The molecule has 2 aromatic rings. The number of nitro benzene ring substituents is 1. The average Bonchev–Trinajstić information content (AvgIpc) is 2.44. The first-order valence-corrected chi connectivity index (χ1v) is 6.74. The smallest absolute Gasteiger partial charge is 0.272 e. The Balaban J connectivity index is 2.02. The van der Waals surface area contributed by atoms with E-state index in [1.807, 2.05) is 6.07 Å². The molecule has 0 unspecified atom stereocenters. The minimum atomic E-state index is -0.449.